The molecule has 0 bridgehead atoms. The van der Waals surface area contributed by atoms with Gasteiger partial charge in [0.25, 0.3) is 5.91 Å². The zero-order valence-electron chi connectivity index (χ0n) is 14.1. The number of carbonyl (C=O) groups excluding carboxylic acids is 1. The standard InChI is InChI=1S/C19H17FN2O3S/c1-24-16-4-2-3-13(9-16)10-21-19(23)17-12-26-18(22-17)11-25-15-7-5-14(20)6-8-15/h2-9,12H,10-11H2,1H3,(H,21,23). The summed E-state index contributed by atoms with van der Waals surface area (Å²) >= 11 is 1.34. The van der Waals surface area contributed by atoms with Crippen LogP contribution in [0.2, 0.25) is 0 Å². The second kappa shape index (κ2) is 8.44. The van der Waals surface area contributed by atoms with Gasteiger partial charge in [0.15, 0.2) is 0 Å². The van der Waals surface area contributed by atoms with Crippen molar-refractivity contribution in [3.8, 4) is 11.5 Å². The van der Waals surface area contributed by atoms with E-state index in [1.54, 1.807) is 24.6 Å². The molecule has 3 aromatic rings. The van der Waals surface area contributed by atoms with Crippen molar-refractivity contribution >= 4 is 17.2 Å². The molecule has 2 aromatic carbocycles. The highest BCUT2D eigenvalue weighted by Gasteiger charge is 2.11. The molecule has 0 aliphatic heterocycles. The number of nitrogens with zero attached hydrogens (tertiary/aromatic N) is 1. The van der Waals surface area contributed by atoms with E-state index < -0.39 is 0 Å². The van der Waals surface area contributed by atoms with Gasteiger partial charge in [0.1, 0.15) is 34.6 Å². The van der Waals surface area contributed by atoms with E-state index in [1.807, 2.05) is 24.3 Å². The molecule has 0 radical (unpaired) electrons. The van der Waals surface area contributed by atoms with E-state index in [1.165, 1.54) is 23.5 Å². The summed E-state index contributed by atoms with van der Waals surface area (Å²) in [7, 11) is 1.60. The molecule has 0 atom stereocenters. The van der Waals surface area contributed by atoms with E-state index in [4.69, 9.17) is 9.47 Å². The number of hydrogen-bond donors (Lipinski definition) is 1. The van der Waals surface area contributed by atoms with Gasteiger partial charge < -0.3 is 14.8 Å². The summed E-state index contributed by atoms with van der Waals surface area (Å²) < 4.78 is 23.6. The molecule has 1 heterocycles. The highest BCUT2D eigenvalue weighted by Crippen LogP contribution is 2.16. The number of rotatable bonds is 7. The number of carbonyl (C=O) groups is 1. The lowest BCUT2D eigenvalue weighted by molar-refractivity contribution is 0.0946. The van der Waals surface area contributed by atoms with E-state index in [0.29, 0.717) is 23.0 Å². The first-order chi connectivity index (χ1) is 12.6. The third-order valence-electron chi connectivity index (χ3n) is 3.55. The van der Waals surface area contributed by atoms with E-state index in [9.17, 15) is 9.18 Å². The second-order valence-corrected chi connectivity index (χ2v) is 6.35. The molecular weight excluding hydrogens is 355 g/mol. The number of halogens is 1. The molecule has 3 rings (SSSR count). The smallest absolute Gasteiger partial charge is 0.271 e. The fourth-order valence-electron chi connectivity index (χ4n) is 2.21. The van der Waals surface area contributed by atoms with Gasteiger partial charge in [0, 0.05) is 11.9 Å². The average molecular weight is 372 g/mol. The molecule has 7 heteroatoms. The maximum Gasteiger partial charge on any atom is 0.271 e. The number of amides is 1. The third kappa shape index (κ3) is 4.80. The predicted molar refractivity (Wildman–Crippen MR) is 97.0 cm³/mol. The van der Waals surface area contributed by atoms with Gasteiger partial charge in [0.05, 0.1) is 7.11 Å². The van der Waals surface area contributed by atoms with Gasteiger partial charge in [0.2, 0.25) is 0 Å². The number of ether oxygens (including phenoxy) is 2. The maximum absolute atomic E-state index is 12.9. The van der Waals surface area contributed by atoms with Gasteiger partial charge in [-0.1, -0.05) is 12.1 Å². The molecule has 1 N–H and O–H groups in total. The van der Waals surface area contributed by atoms with Crippen molar-refractivity contribution in [2.45, 2.75) is 13.2 Å². The summed E-state index contributed by atoms with van der Waals surface area (Å²) in [6.45, 7) is 0.606. The largest absolute Gasteiger partial charge is 0.497 e. The topological polar surface area (TPSA) is 60.5 Å². The first-order valence-electron chi connectivity index (χ1n) is 7.88. The number of thiazole rings is 1. The van der Waals surface area contributed by atoms with Crippen molar-refractivity contribution in [3.05, 3.63) is 76.0 Å². The first kappa shape index (κ1) is 17.9. The molecule has 5 nitrogen and oxygen atoms in total. The highest BCUT2D eigenvalue weighted by molar-refractivity contribution is 7.09. The fourth-order valence-corrected chi connectivity index (χ4v) is 2.90. The Hall–Kier alpha value is -2.93. The van der Waals surface area contributed by atoms with Crippen LogP contribution in [0.4, 0.5) is 4.39 Å². The van der Waals surface area contributed by atoms with Crippen LogP contribution in [0, 0.1) is 5.82 Å². The van der Waals surface area contributed by atoms with Crippen LogP contribution in [0.1, 0.15) is 21.1 Å². The molecule has 1 aromatic heterocycles. The van der Waals surface area contributed by atoms with Crippen LogP contribution in [-0.2, 0) is 13.2 Å². The van der Waals surface area contributed by atoms with Gasteiger partial charge in [-0.3, -0.25) is 4.79 Å². The minimum absolute atomic E-state index is 0.222. The quantitative estimate of drug-likeness (QED) is 0.685. The van der Waals surface area contributed by atoms with E-state index in [0.717, 1.165) is 11.3 Å². The Morgan fingerprint density at radius 2 is 2.00 bits per heavy atom. The second-order valence-electron chi connectivity index (χ2n) is 5.40. The van der Waals surface area contributed by atoms with Crippen molar-refractivity contribution in [3.63, 3.8) is 0 Å². The van der Waals surface area contributed by atoms with Crippen LogP contribution in [0.15, 0.2) is 53.9 Å². The van der Waals surface area contributed by atoms with Crippen molar-refractivity contribution < 1.29 is 18.7 Å². The molecule has 0 fully saturated rings. The van der Waals surface area contributed by atoms with Gasteiger partial charge in [-0.15, -0.1) is 11.3 Å². The van der Waals surface area contributed by atoms with Crippen molar-refractivity contribution in [2.75, 3.05) is 7.11 Å². The lowest BCUT2D eigenvalue weighted by atomic mass is 10.2. The normalized spacial score (nSPS) is 10.4. The monoisotopic (exact) mass is 372 g/mol. The van der Waals surface area contributed by atoms with E-state index >= 15 is 0 Å². The van der Waals surface area contributed by atoms with Crippen molar-refractivity contribution in [2.24, 2.45) is 0 Å². The first-order valence-corrected chi connectivity index (χ1v) is 8.76. The summed E-state index contributed by atoms with van der Waals surface area (Å²) in [4.78, 5) is 16.5. The molecule has 0 aliphatic rings. The number of aromatic nitrogens is 1. The summed E-state index contributed by atoms with van der Waals surface area (Å²) in [6.07, 6.45) is 0. The van der Waals surface area contributed by atoms with Crippen LogP contribution in [-0.4, -0.2) is 18.0 Å². The van der Waals surface area contributed by atoms with Crippen molar-refractivity contribution in [1.29, 1.82) is 0 Å². The van der Waals surface area contributed by atoms with E-state index in [2.05, 4.69) is 10.3 Å². The molecule has 0 saturated carbocycles. The number of nitrogens with one attached hydrogen (secondary N) is 1. The Morgan fingerprint density at radius 1 is 1.19 bits per heavy atom. The number of methoxy groups -OCH3 is 1. The molecular formula is C19H17FN2O3S. The fraction of sp³-hybridized carbons (Fsp3) is 0.158. The maximum atomic E-state index is 12.9. The Bertz CT molecular complexity index is 881. The Balaban J connectivity index is 1.53. The molecule has 0 aliphatic carbocycles. The Kier molecular flexibility index (Phi) is 5.80. The van der Waals surface area contributed by atoms with E-state index in [-0.39, 0.29) is 18.3 Å². The van der Waals surface area contributed by atoms with Crippen LogP contribution >= 0.6 is 11.3 Å². The number of hydrogen-bond acceptors (Lipinski definition) is 5. The van der Waals surface area contributed by atoms with Crippen LogP contribution in [0.5, 0.6) is 11.5 Å². The SMILES string of the molecule is COc1cccc(CNC(=O)c2csc(COc3ccc(F)cc3)n2)c1. The van der Waals surface area contributed by atoms with Gasteiger partial charge in [-0.25, -0.2) is 9.37 Å². The summed E-state index contributed by atoms with van der Waals surface area (Å²) in [6, 6.07) is 13.2. The Labute approximate surface area is 154 Å². The molecule has 0 spiro atoms. The molecule has 1 amide bonds. The summed E-state index contributed by atoms with van der Waals surface area (Å²) in [5.41, 5.74) is 1.28. The number of benzene rings is 2. The minimum Gasteiger partial charge on any atom is -0.497 e. The lowest BCUT2D eigenvalue weighted by Gasteiger charge is -2.06. The Morgan fingerprint density at radius 3 is 2.77 bits per heavy atom. The van der Waals surface area contributed by atoms with Crippen LogP contribution in [0.25, 0.3) is 0 Å². The summed E-state index contributed by atoms with van der Waals surface area (Å²) in [5.74, 6) is 0.718. The molecule has 134 valence electrons. The lowest BCUT2D eigenvalue weighted by Crippen LogP contribution is -2.23. The highest BCUT2D eigenvalue weighted by atomic mass is 32.1. The minimum atomic E-state index is -0.318. The molecule has 26 heavy (non-hydrogen) atoms. The zero-order valence-corrected chi connectivity index (χ0v) is 14.9. The average Bonchev–Trinajstić information content (AvgIpc) is 3.15. The molecule has 0 saturated heterocycles. The third-order valence-corrected chi connectivity index (χ3v) is 4.37. The predicted octanol–water partition coefficient (Wildman–Crippen LogP) is 3.80. The van der Waals surface area contributed by atoms with Crippen LogP contribution < -0.4 is 14.8 Å². The summed E-state index contributed by atoms with van der Waals surface area (Å²) in [5, 5.41) is 5.18. The van der Waals surface area contributed by atoms with Crippen LogP contribution in [0.3, 0.4) is 0 Å². The molecule has 0 unspecified atom stereocenters. The van der Waals surface area contributed by atoms with Gasteiger partial charge >= 0.3 is 0 Å². The van der Waals surface area contributed by atoms with Crippen molar-refractivity contribution in [1.82, 2.24) is 10.3 Å². The van der Waals surface area contributed by atoms with Gasteiger partial charge in [-0.05, 0) is 42.0 Å². The zero-order chi connectivity index (χ0) is 18.4. The van der Waals surface area contributed by atoms with Gasteiger partial charge in [-0.2, -0.15) is 0 Å².